The first kappa shape index (κ1) is 25.7. The van der Waals surface area contributed by atoms with Crippen LogP contribution < -0.4 is 10.6 Å². The van der Waals surface area contributed by atoms with Crippen molar-refractivity contribution in [2.45, 2.75) is 64.8 Å². The van der Waals surface area contributed by atoms with Crippen LogP contribution in [0.2, 0.25) is 0 Å². The number of rotatable bonds is 10. The van der Waals surface area contributed by atoms with Gasteiger partial charge in [-0.25, -0.2) is 14.4 Å². The number of nitrogens with one attached hydrogen (secondary N) is 2. The number of amides is 1. The Labute approximate surface area is 222 Å². The van der Waals surface area contributed by atoms with Crippen LogP contribution >= 0.6 is 11.9 Å². The number of aromatic nitrogens is 5. The van der Waals surface area contributed by atoms with Crippen molar-refractivity contribution in [3.05, 3.63) is 30.5 Å². The predicted octanol–water partition coefficient (Wildman–Crippen LogP) is 3.78. The van der Waals surface area contributed by atoms with Crippen molar-refractivity contribution in [2.75, 3.05) is 31.5 Å². The van der Waals surface area contributed by atoms with E-state index in [1.54, 1.807) is 22.8 Å². The lowest BCUT2D eigenvalue weighted by molar-refractivity contribution is -0.121. The summed E-state index contributed by atoms with van der Waals surface area (Å²) >= 11 is 1.59. The van der Waals surface area contributed by atoms with E-state index in [0.29, 0.717) is 12.5 Å². The second kappa shape index (κ2) is 11.6. The third kappa shape index (κ3) is 6.51. The van der Waals surface area contributed by atoms with E-state index in [9.17, 15) is 4.79 Å². The van der Waals surface area contributed by atoms with Crippen molar-refractivity contribution < 1.29 is 4.79 Å². The first-order chi connectivity index (χ1) is 17.9. The zero-order valence-electron chi connectivity index (χ0n) is 22.0. The van der Waals surface area contributed by atoms with Gasteiger partial charge < -0.3 is 10.6 Å². The molecular formula is C26H37N9OS. The molecule has 37 heavy (non-hydrogen) atoms. The Morgan fingerprint density at radius 3 is 2.84 bits per heavy atom. The molecule has 0 radical (unpaired) electrons. The predicted molar refractivity (Wildman–Crippen MR) is 149 cm³/mol. The second-order valence-corrected chi connectivity index (χ2v) is 11.4. The topological polar surface area (TPSA) is 105 Å². The molecule has 198 valence electrons. The van der Waals surface area contributed by atoms with Crippen LogP contribution in [0.1, 0.15) is 51.6 Å². The summed E-state index contributed by atoms with van der Waals surface area (Å²) in [5, 5.41) is 11.1. The zero-order chi connectivity index (χ0) is 25.8. The summed E-state index contributed by atoms with van der Waals surface area (Å²) in [5.41, 5.74) is 4.73. The highest BCUT2D eigenvalue weighted by molar-refractivity contribution is 7.99. The van der Waals surface area contributed by atoms with Crippen LogP contribution in [0.25, 0.3) is 16.9 Å². The van der Waals surface area contributed by atoms with Gasteiger partial charge in [0.2, 0.25) is 5.91 Å². The Bertz CT molecular complexity index is 1260. The molecule has 2 aliphatic rings. The number of hydrogen-bond donors (Lipinski definition) is 2. The molecule has 0 saturated carbocycles. The number of nitrogens with zero attached hydrogens (tertiary/aromatic N) is 7. The molecule has 1 saturated heterocycles. The number of anilines is 1. The number of fused-ring (bicyclic) bond motifs is 1. The largest absolute Gasteiger partial charge is 0.354 e. The molecular weight excluding hydrogens is 486 g/mol. The van der Waals surface area contributed by atoms with Crippen molar-refractivity contribution in [3.63, 3.8) is 0 Å². The molecule has 1 amide bonds. The highest BCUT2D eigenvalue weighted by Crippen LogP contribution is 2.30. The van der Waals surface area contributed by atoms with E-state index in [4.69, 9.17) is 9.38 Å². The average molecular weight is 524 g/mol. The summed E-state index contributed by atoms with van der Waals surface area (Å²) in [5.74, 6) is 1.29. The molecule has 5 rings (SSSR count). The SMILES string of the molecule is Cc1cn2c(-c3cnn(CC(=O)NCCC(C)C)c3)cnc2c(NC2CC(CN3CCCCC3)=NS2)n1. The van der Waals surface area contributed by atoms with Crippen LogP contribution in [0.3, 0.4) is 0 Å². The van der Waals surface area contributed by atoms with E-state index in [0.717, 1.165) is 47.8 Å². The van der Waals surface area contributed by atoms with Crippen LogP contribution in [-0.4, -0.2) is 72.2 Å². The zero-order valence-corrected chi connectivity index (χ0v) is 22.8. The van der Waals surface area contributed by atoms with Gasteiger partial charge in [-0.2, -0.15) is 5.10 Å². The minimum absolute atomic E-state index is 0.0316. The summed E-state index contributed by atoms with van der Waals surface area (Å²) < 4.78 is 8.46. The number of piperidine rings is 1. The lowest BCUT2D eigenvalue weighted by atomic mass is 10.1. The normalized spacial score (nSPS) is 18.5. The molecule has 3 aromatic heterocycles. The Kier molecular flexibility index (Phi) is 8.09. The molecule has 0 aliphatic carbocycles. The first-order valence-corrected chi connectivity index (χ1v) is 14.1. The number of aryl methyl sites for hydroxylation is 1. The molecule has 5 heterocycles. The first-order valence-electron chi connectivity index (χ1n) is 13.3. The molecule has 2 N–H and O–H groups in total. The lowest BCUT2D eigenvalue weighted by Crippen LogP contribution is -2.34. The molecule has 0 spiro atoms. The van der Waals surface area contributed by atoms with Gasteiger partial charge in [0.05, 0.1) is 23.8 Å². The smallest absolute Gasteiger partial charge is 0.241 e. The molecule has 3 aromatic rings. The van der Waals surface area contributed by atoms with E-state index >= 15 is 0 Å². The molecule has 10 nitrogen and oxygen atoms in total. The van der Waals surface area contributed by atoms with Crippen LogP contribution in [0.4, 0.5) is 5.82 Å². The minimum atomic E-state index is -0.0316. The van der Waals surface area contributed by atoms with E-state index in [1.807, 2.05) is 29.9 Å². The van der Waals surface area contributed by atoms with Gasteiger partial charge in [0.25, 0.3) is 0 Å². The van der Waals surface area contributed by atoms with Crippen molar-refractivity contribution in [1.82, 2.24) is 34.4 Å². The maximum Gasteiger partial charge on any atom is 0.241 e. The fraction of sp³-hybridized carbons (Fsp3) is 0.577. The van der Waals surface area contributed by atoms with Gasteiger partial charge in [0.15, 0.2) is 11.5 Å². The summed E-state index contributed by atoms with van der Waals surface area (Å²) in [6, 6.07) is 0. The molecule has 1 fully saturated rings. The van der Waals surface area contributed by atoms with Crippen molar-refractivity contribution in [2.24, 2.45) is 10.3 Å². The summed E-state index contributed by atoms with van der Waals surface area (Å²) in [6.45, 7) is 10.5. The summed E-state index contributed by atoms with van der Waals surface area (Å²) in [6.07, 6.45) is 13.3. The average Bonchev–Trinajstić information content (AvgIpc) is 3.60. The van der Waals surface area contributed by atoms with Crippen LogP contribution in [0.5, 0.6) is 0 Å². The number of carbonyl (C=O) groups excluding carboxylic acids is 1. The third-order valence-corrected chi connectivity index (χ3v) is 7.68. The quantitative estimate of drug-likeness (QED) is 0.390. The third-order valence-electron chi connectivity index (χ3n) is 6.77. The van der Waals surface area contributed by atoms with Crippen LogP contribution in [-0.2, 0) is 11.3 Å². The molecule has 2 aliphatic heterocycles. The Morgan fingerprint density at radius 2 is 2.03 bits per heavy atom. The van der Waals surface area contributed by atoms with Crippen molar-refractivity contribution in [1.29, 1.82) is 0 Å². The van der Waals surface area contributed by atoms with Crippen LogP contribution in [0.15, 0.2) is 29.2 Å². The molecule has 1 unspecified atom stereocenters. The van der Waals surface area contributed by atoms with Gasteiger partial charge in [-0.3, -0.25) is 18.8 Å². The van der Waals surface area contributed by atoms with Gasteiger partial charge in [0, 0.05) is 43.2 Å². The second-order valence-electron chi connectivity index (χ2n) is 10.5. The minimum Gasteiger partial charge on any atom is -0.354 e. The van der Waals surface area contributed by atoms with Gasteiger partial charge in [-0.1, -0.05) is 20.3 Å². The van der Waals surface area contributed by atoms with Gasteiger partial charge in [-0.05, 0) is 57.1 Å². The van der Waals surface area contributed by atoms with Crippen LogP contribution in [0, 0.1) is 12.8 Å². The van der Waals surface area contributed by atoms with E-state index in [-0.39, 0.29) is 17.8 Å². The highest BCUT2D eigenvalue weighted by Gasteiger charge is 2.24. The van der Waals surface area contributed by atoms with Crippen molar-refractivity contribution in [3.8, 4) is 11.3 Å². The molecule has 0 bridgehead atoms. The maximum absolute atomic E-state index is 12.3. The van der Waals surface area contributed by atoms with E-state index in [1.165, 1.54) is 38.1 Å². The lowest BCUT2D eigenvalue weighted by Gasteiger charge is -2.26. The fourth-order valence-corrected chi connectivity index (χ4v) is 5.67. The molecule has 1 atom stereocenters. The number of hydrogen-bond acceptors (Lipinski definition) is 8. The maximum atomic E-state index is 12.3. The monoisotopic (exact) mass is 523 g/mol. The Hall–Kier alpha value is -2.92. The van der Waals surface area contributed by atoms with Crippen molar-refractivity contribution >= 4 is 35.0 Å². The van der Waals surface area contributed by atoms with Gasteiger partial charge >= 0.3 is 0 Å². The highest BCUT2D eigenvalue weighted by atomic mass is 32.2. The Morgan fingerprint density at radius 1 is 1.19 bits per heavy atom. The summed E-state index contributed by atoms with van der Waals surface area (Å²) in [7, 11) is 0. The molecule has 11 heteroatoms. The van der Waals surface area contributed by atoms with E-state index in [2.05, 4.69) is 39.5 Å². The number of imidazole rings is 1. The van der Waals surface area contributed by atoms with Gasteiger partial charge in [-0.15, -0.1) is 0 Å². The van der Waals surface area contributed by atoms with Gasteiger partial charge in [0.1, 0.15) is 11.9 Å². The Balaban J connectivity index is 1.24. The fourth-order valence-electron chi connectivity index (χ4n) is 4.83. The standard InChI is InChI=1S/C26H37N9OS/c1-18(2)7-8-27-23(36)17-34-15-20(12-29-34)22-13-28-26-25(30-19(3)14-35(22)26)31-24-11-21(32-37-24)16-33-9-5-4-6-10-33/h12-15,18,24H,4-11,16-17H2,1-3H3,(H,27,36)(H,30,31). The van der Waals surface area contributed by atoms with E-state index < -0.39 is 0 Å². The number of likely N-dealkylation sites (tertiary alicyclic amines) is 1. The number of carbonyl (C=O) groups is 1. The summed E-state index contributed by atoms with van der Waals surface area (Å²) in [4.78, 5) is 24.2. The molecule has 0 aromatic carbocycles.